The Labute approximate surface area is 205 Å². The Morgan fingerprint density at radius 1 is 0.865 bits per heavy atom. The van der Waals surface area contributed by atoms with Gasteiger partial charge in [0.2, 0.25) is 0 Å². The lowest BCUT2D eigenvalue weighted by Crippen LogP contribution is -2.57. The van der Waals surface area contributed by atoms with Crippen molar-refractivity contribution >= 4 is 6.03 Å². The van der Waals surface area contributed by atoms with E-state index < -0.39 is 52.2 Å². The Hall–Kier alpha value is -3.70. The van der Waals surface area contributed by atoms with Crippen molar-refractivity contribution in [3.63, 3.8) is 0 Å². The van der Waals surface area contributed by atoms with Gasteiger partial charge in [0, 0.05) is 6.42 Å². The molecule has 4 nitrogen and oxygen atoms in total. The van der Waals surface area contributed by atoms with E-state index in [2.05, 4.69) is 10.3 Å². The highest BCUT2D eigenvalue weighted by atomic mass is 19.4. The number of carbonyl (C=O) groups is 1. The maximum atomic E-state index is 14.5. The molecule has 0 radical (unpaired) electrons. The summed E-state index contributed by atoms with van der Waals surface area (Å²) in [5.74, 6) is -2.12. The van der Waals surface area contributed by atoms with Crippen LogP contribution in [0.2, 0.25) is 0 Å². The predicted molar refractivity (Wildman–Crippen MR) is 116 cm³/mol. The van der Waals surface area contributed by atoms with Crippen LogP contribution in [-0.2, 0) is 18.1 Å². The first-order chi connectivity index (χ1) is 17.2. The molecule has 1 fully saturated rings. The van der Waals surface area contributed by atoms with E-state index in [0.29, 0.717) is 11.6 Å². The Morgan fingerprint density at radius 3 is 2.05 bits per heavy atom. The number of hydrogen-bond donors (Lipinski definition) is 2. The molecule has 0 aliphatic heterocycles. The summed E-state index contributed by atoms with van der Waals surface area (Å²) >= 11 is 0. The molecule has 1 aliphatic carbocycles. The molecule has 37 heavy (non-hydrogen) atoms. The minimum Gasteiger partial charge on any atom is -0.324 e. The van der Waals surface area contributed by atoms with Crippen LogP contribution < -0.4 is 10.6 Å². The van der Waals surface area contributed by atoms with Crippen LogP contribution in [0.15, 0.2) is 66.9 Å². The molecule has 12 heteroatoms. The molecule has 3 aromatic rings. The minimum absolute atomic E-state index is 0.219. The van der Waals surface area contributed by atoms with Crippen LogP contribution in [0.3, 0.4) is 0 Å². The van der Waals surface area contributed by atoms with Gasteiger partial charge >= 0.3 is 18.4 Å². The Kier molecular flexibility index (Phi) is 6.63. The quantitative estimate of drug-likeness (QED) is 0.371. The zero-order valence-electron chi connectivity index (χ0n) is 18.9. The van der Waals surface area contributed by atoms with Crippen LogP contribution in [-0.4, -0.2) is 22.7 Å². The van der Waals surface area contributed by atoms with Gasteiger partial charge in [0.15, 0.2) is 0 Å². The highest BCUT2D eigenvalue weighted by Gasteiger charge is 2.64. The number of aromatic nitrogens is 1. The second-order valence-electron chi connectivity index (χ2n) is 8.81. The van der Waals surface area contributed by atoms with E-state index in [9.17, 15) is 39.9 Å². The monoisotopic (exact) mass is 529 g/mol. The summed E-state index contributed by atoms with van der Waals surface area (Å²) < 4.78 is 109. The van der Waals surface area contributed by atoms with Gasteiger partial charge < -0.3 is 10.6 Å². The van der Waals surface area contributed by atoms with Crippen molar-refractivity contribution in [3.05, 3.63) is 101 Å². The van der Waals surface area contributed by atoms with Gasteiger partial charge in [-0.2, -0.15) is 26.3 Å². The summed E-state index contributed by atoms with van der Waals surface area (Å²) in [6.07, 6.45) is -10.1. The molecule has 1 unspecified atom stereocenters. The maximum Gasteiger partial charge on any atom is 0.416 e. The van der Waals surface area contributed by atoms with Gasteiger partial charge in [-0.1, -0.05) is 30.3 Å². The topological polar surface area (TPSA) is 54.0 Å². The largest absolute Gasteiger partial charge is 0.416 e. The van der Waals surface area contributed by atoms with Crippen molar-refractivity contribution in [3.8, 4) is 0 Å². The summed E-state index contributed by atoms with van der Waals surface area (Å²) in [7, 11) is 0. The normalized spacial score (nSPS) is 16.5. The number of urea groups is 1. The number of hydrogen-bond acceptors (Lipinski definition) is 2. The molecule has 0 saturated heterocycles. The fraction of sp³-hybridized carbons (Fsp3) is 0.280. The van der Waals surface area contributed by atoms with E-state index in [1.165, 1.54) is 0 Å². The number of carbonyl (C=O) groups excluding carboxylic acids is 1. The third-order valence-corrected chi connectivity index (χ3v) is 6.17. The molecule has 0 spiro atoms. The lowest BCUT2D eigenvalue weighted by molar-refractivity contribution is -0.162. The van der Waals surface area contributed by atoms with Gasteiger partial charge in [-0.05, 0) is 54.3 Å². The number of nitrogens with zero attached hydrogens (tertiary/aromatic N) is 1. The number of rotatable bonds is 6. The van der Waals surface area contributed by atoms with E-state index in [4.69, 9.17) is 0 Å². The summed E-state index contributed by atoms with van der Waals surface area (Å²) in [6.45, 7) is 0. The fourth-order valence-corrected chi connectivity index (χ4v) is 4.10. The van der Waals surface area contributed by atoms with Gasteiger partial charge in [0.1, 0.15) is 22.7 Å². The first kappa shape index (κ1) is 26.4. The molecule has 1 aromatic heterocycles. The van der Waals surface area contributed by atoms with Crippen LogP contribution in [0.4, 0.5) is 39.9 Å². The zero-order chi connectivity index (χ0) is 27.1. The Balaban J connectivity index is 1.90. The third-order valence-electron chi connectivity index (χ3n) is 6.17. The van der Waals surface area contributed by atoms with Crippen LogP contribution in [0.1, 0.15) is 35.2 Å². The fourth-order valence-electron chi connectivity index (χ4n) is 4.10. The van der Waals surface area contributed by atoms with Gasteiger partial charge in [0.05, 0.1) is 17.5 Å². The number of benzene rings is 2. The van der Waals surface area contributed by atoms with Crippen LogP contribution in [0, 0.1) is 11.6 Å². The first-order valence-corrected chi connectivity index (χ1v) is 11.0. The Bertz CT molecular complexity index is 1270. The molecule has 1 aliphatic rings. The average molecular weight is 529 g/mol. The van der Waals surface area contributed by atoms with Crippen molar-refractivity contribution in [1.29, 1.82) is 0 Å². The van der Waals surface area contributed by atoms with Crippen molar-refractivity contribution < 1.29 is 39.9 Å². The molecule has 2 N–H and O–H groups in total. The number of nitrogens with one attached hydrogen (secondary N) is 2. The van der Waals surface area contributed by atoms with Crippen molar-refractivity contribution in [1.82, 2.24) is 15.6 Å². The molecule has 4 rings (SSSR count). The van der Waals surface area contributed by atoms with E-state index in [-0.39, 0.29) is 31.0 Å². The summed E-state index contributed by atoms with van der Waals surface area (Å²) in [4.78, 5) is 16.9. The minimum atomic E-state index is -4.98. The van der Waals surface area contributed by atoms with Crippen molar-refractivity contribution in [2.45, 2.75) is 42.7 Å². The highest BCUT2D eigenvalue weighted by Crippen LogP contribution is 2.49. The predicted octanol–water partition coefficient (Wildman–Crippen LogP) is 6.26. The Morgan fingerprint density at radius 2 is 1.51 bits per heavy atom. The van der Waals surface area contributed by atoms with Gasteiger partial charge in [-0.25, -0.2) is 13.6 Å². The SMILES string of the molecule is O=C(NC(Cc1ccccc1)(c1cc(F)cc(C(F)(F)F)c1)c1ccc(F)cn1)NC1(C(F)(F)F)CC1. The van der Waals surface area contributed by atoms with Crippen molar-refractivity contribution in [2.24, 2.45) is 0 Å². The number of pyridine rings is 1. The number of alkyl halides is 6. The standard InChI is InChI=1S/C25H19F8N3O/c26-18-6-7-20(34-14-18)23(13-15-4-2-1-3-5-15,16-10-17(24(28,29)30)12-19(27)11-16)36-21(37)35-22(8-9-22)25(31,32)33/h1-7,10-12,14H,8-9,13H2,(H2,35,36,37). The second kappa shape index (κ2) is 9.31. The molecule has 196 valence electrons. The van der Waals surface area contributed by atoms with E-state index >= 15 is 0 Å². The van der Waals surface area contributed by atoms with Gasteiger partial charge in [-0.3, -0.25) is 4.98 Å². The summed E-state index contributed by atoms with van der Waals surface area (Å²) in [5.41, 5.74) is -6.26. The van der Waals surface area contributed by atoms with Crippen LogP contribution in [0.5, 0.6) is 0 Å². The molecule has 2 amide bonds. The summed E-state index contributed by atoms with van der Waals surface area (Å²) in [6, 6.07) is 10.1. The van der Waals surface area contributed by atoms with Gasteiger partial charge in [-0.15, -0.1) is 0 Å². The maximum absolute atomic E-state index is 14.5. The lowest BCUT2D eigenvalue weighted by Gasteiger charge is -2.36. The molecule has 1 saturated carbocycles. The molecule has 1 heterocycles. The first-order valence-electron chi connectivity index (χ1n) is 11.0. The molecule has 1 atom stereocenters. The van der Waals surface area contributed by atoms with E-state index in [0.717, 1.165) is 24.4 Å². The zero-order valence-corrected chi connectivity index (χ0v) is 18.9. The number of amides is 2. The number of halogens is 8. The third kappa shape index (κ3) is 5.52. The van der Waals surface area contributed by atoms with Crippen LogP contribution >= 0.6 is 0 Å². The molecule has 2 aromatic carbocycles. The highest BCUT2D eigenvalue weighted by molar-refractivity contribution is 5.77. The lowest BCUT2D eigenvalue weighted by atomic mass is 9.79. The smallest absolute Gasteiger partial charge is 0.324 e. The van der Waals surface area contributed by atoms with E-state index in [1.54, 1.807) is 30.3 Å². The molecular weight excluding hydrogens is 510 g/mol. The average Bonchev–Trinajstić information content (AvgIpc) is 3.59. The molecule has 0 bridgehead atoms. The van der Waals surface area contributed by atoms with Crippen LogP contribution in [0.25, 0.3) is 0 Å². The second-order valence-corrected chi connectivity index (χ2v) is 8.81. The summed E-state index contributed by atoms with van der Waals surface area (Å²) in [5, 5.41) is 4.20. The van der Waals surface area contributed by atoms with Gasteiger partial charge in [0.25, 0.3) is 0 Å². The molecular formula is C25H19F8N3O. The van der Waals surface area contributed by atoms with E-state index in [1.807, 2.05) is 5.32 Å². The van der Waals surface area contributed by atoms with Crippen molar-refractivity contribution in [2.75, 3.05) is 0 Å².